The van der Waals surface area contributed by atoms with Gasteiger partial charge in [0.15, 0.2) is 0 Å². The van der Waals surface area contributed by atoms with Gasteiger partial charge in [0.05, 0.1) is 10.6 Å². The van der Waals surface area contributed by atoms with Crippen LogP contribution in [0, 0.1) is 19.7 Å². The van der Waals surface area contributed by atoms with Gasteiger partial charge in [0.25, 0.3) is 10.0 Å². The zero-order chi connectivity index (χ0) is 18.1. The van der Waals surface area contributed by atoms with Gasteiger partial charge in [-0.1, -0.05) is 12.1 Å². The summed E-state index contributed by atoms with van der Waals surface area (Å²) in [7, 11) is -4.17. The van der Waals surface area contributed by atoms with Crippen LogP contribution in [-0.2, 0) is 14.8 Å². The number of nitrogens with zero attached hydrogens (tertiary/aromatic N) is 1. The number of carboxylic acids is 1. The van der Waals surface area contributed by atoms with Crippen molar-refractivity contribution in [3.63, 3.8) is 0 Å². The van der Waals surface area contributed by atoms with Crippen LogP contribution in [0.2, 0.25) is 0 Å². The maximum absolute atomic E-state index is 13.1. The number of benzene rings is 2. The third-order valence-corrected chi connectivity index (χ3v) is 5.58. The van der Waals surface area contributed by atoms with Gasteiger partial charge in [-0.2, -0.15) is 0 Å². The Bertz CT molecular complexity index is 863. The maximum Gasteiger partial charge on any atom is 0.327 e. The molecule has 1 N–H and O–H groups in total. The van der Waals surface area contributed by atoms with E-state index >= 15 is 0 Å². The standard InChI is InChI=1S/C17H18FNO4S/c1-11-4-5-12(2)16(10-11)19(13(3)17(20)21)24(22,23)15-8-6-14(18)7-9-15/h4-10,13H,1-3H3,(H,20,21). The molecule has 0 fully saturated rings. The van der Waals surface area contributed by atoms with Crippen LogP contribution in [0.5, 0.6) is 0 Å². The SMILES string of the molecule is Cc1ccc(C)c(N(C(C)C(=O)O)S(=O)(=O)c2ccc(F)cc2)c1. The van der Waals surface area contributed by atoms with E-state index in [0.29, 0.717) is 5.56 Å². The molecular formula is C17H18FNO4S. The van der Waals surface area contributed by atoms with E-state index in [1.807, 2.05) is 6.07 Å². The van der Waals surface area contributed by atoms with E-state index in [4.69, 9.17) is 0 Å². The zero-order valence-electron chi connectivity index (χ0n) is 13.5. The zero-order valence-corrected chi connectivity index (χ0v) is 14.3. The molecular weight excluding hydrogens is 333 g/mol. The molecule has 0 aliphatic rings. The average Bonchev–Trinajstić information content (AvgIpc) is 2.51. The lowest BCUT2D eigenvalue weighted by Crippen LogP contribution is -2.43. The van der Waals surface area contributed by atoms with Gasteiger partial charge >= 0.3 is 5.97 Å². The van der Waals surface area contributed by atoms with Crippen LogP contribution in [0.15, 0.2) is 47.4 Å². The lowest BCUT2D eigenvalue weighted by atomic mass is 10.1. The molecule has 0 saturated carbocycles. The van der Waals surface area contributed by atoms with E-state index in [1.54, 1.807) is 26.0 Å². The van der Waals surface area contributed by atoms with Gasteiger partial charge in [0.2, 0.25) is 0 Å². The van der Waals surface area contributed by atoms with E-state index in [2.05, 4.69) is 0 Å². The van der Waals surface area contributed by atoms with Crippen LogP contribution >= 0.6 is 0 Å². The van der Waals surface area contributed by atoms with Crippen LogP contribution in [0.4, 0.5) is 10.1 Å². The fourth-order valence-corrected chi connectivity index (χ4v) is 3.99. The number of halogens is 1. The van der Waals surface area contributed by atoms with Crippen molar-refractivity contribution in [3.05, 3.63) is 59.4 Å². The van der Waals surface area contributed by atoms with E-state index < -0.39 is 27.9 Å². The Balaban J connectivity index is 2.68. The van der Waals surface area contributed by atoms with Gasteiger partial charge in [0, 0.05) is 0 Å². The highest BCUT2D eigenvalue weighted by Crippen LogP contribution is 2.30. The van der Waals surface area contributed by atoms with E-state index in [9.17, 15) is 22.7 Å². The molecule has 0 heterocycles. The lowest BCUT2D eigenvalue weighted by Gasteiger charge is -2.29. The summed E-state index contributed by atoms with van der Waals surface area (Å²) in [6, 6.07) is 8.14. The fraction of sp³-hybridized carbons (Fsp3) is 0.235. The Hall–Kier alpha value is -2.41. The highest BCUT2D eigenvalue weighted by atomic mass is 32.2. The second-order valence-electron chi connectivity index (χ2n) is 5.56. The van der Waals surface area contributed by atoms with Crippen molar-refractivity contribution in [3.8, 4) is 0 Å². The summed E-state index contributed by atoms with van der Waals surface area (Å²) in [5.41, 5.74) is 1.71. The molecule has 0 aliphatic carbocycles. The summed E-state index contributed by atoms with van der Waals surface area (Å²) in [4.78, 5) is 11.3. The van der Waals surface area contributed by atoms with Gasteiger partial charge in [-0.15, -0.1) is 0 Å². The van der Waals surface area contributed by atoms with Crippen molar-refractivity contribution in [2.75, 3.05) is 4.31 Å². The van der Waals surface area contributed by atoms with Crippen molar-refractivity contribution < 1.29 is 22.7 Å². The third-order valence-electron chi connectivity index (χ3n) is 3.68. The first-order valence-electron chi connectivity index (χ1n) is 7.24. The van der Waals surface area contributed by atoms with Gasteiger partial charge in [-0.25, -0.2) is 17.6 Å². The number of anilines is 1. The first-order chi connectivity index (χ1) is 11.1. The Morgan fingerprint density at radius 3 is 2.25 bits per heavy atom. The molecule has 0 amide bonds. The van der Waals surface area contributed by atoms with Crippen LogP contribution in [-0.4, -0.2) is 25.5 Å². The van der Waals surface area contributed by atoms with E-state index in [0.717, 1.165) is 34.1 Å². The summed E-state index contributed by atoms with van der Waals surface area (Å²) < 4.78 is 40.0. The number of aliphatic carboxylic acids is 1. The molecule has 2 rings (SSSR count). The molecule has 1 atom stereocenters. The Morgan fingerprint density at radius 1 is 1.12 bits per heavy atom. The minimum absolute atomic E-state index is 0.169. The number of carbonyl (C=O) groups is 1. The molecule has 2 aromatic rings. The smallest absolute Gasteiger partial charge is 0.327 e. The summed E-state index contributed by atoms with van der Waals surface area (Å²) in [6.45, 7) is 4.79. The summed E-state index contributed by atoms with van der Waals surface area (Å²) in [6.07, 6.45) is 0. The van der Waals surface area contributed by atoms with Gasteiger partial charge < -0.3 is 5.11 Å². The normalized spacial score (nSPS) is 12.7. The third kappa shape index (κ3) is 3.41. The van der Waals surface area contributed by atoms with Gasteiger partial charge in [-0.05, 0) is 62.2 Å². The summed E-state index contributed by atoms with van der Waals surface area (Å²) in [5, 5.41) is 9.36. The van der Waals surface area contributed by atoms with Crippen molar-refractivity contribution in [1.82, 2.24) is 0 Å². The van der Waals surface area contributed by atoms with Crippen molar-refractivity contribution >= 4 is 21.7 Å². The second kappa shape index (κ2) is 6.60. The van der Waals surface area contributed by atoms with Crippen molar-refractivity contribution in [2.45, 2.75) is 31.7 Å². The fourth-order valence-electron chi connectivity index (χ4n) is 2.32. The average molecular weight is 351 g/mol. The molecule has 7 heteroatoms. The molecule has 0 bridgehead atoms. The van der Waals surface area contributed by atoms with Gasteiger partial charge in [0.1, 0.15) is 11.9 Å². The molecule has 0 aliphatic heterocycles. The second-order valence-corrected chi connectivity index (χ2v) is 7.37. The molecule has 128 valence electrons. The summed E-state index contributed by atoms with van der Waals surface area (Å²) >= 11 is 0. The minimum atomic E-state index is -4.17. The number of hydrogen-bond acceptors (Lipinski definition) is 3. The monoisotopic (exact) mass is 351 g/mol. The molecule has 24 heavy (non-hydrogen) atoms. The minimum Gasteiger partial charge on any atom is -0.480 e. The molecule has 0 saturated heterocycles. The molecule has 5 nitrogen and oxygen atoms in total. The first-order valence-corrected chi connectivity index (χ1v) is 8.68. The quantitative estimate of drug-likeness (QED) is 0.898. The number of rotatable bonds is 5. The predicted molar refractivity (Wildman–Crippen MR) is 89.1 cm³/mol. The molecule has 0 radical (unpaired) electrons. The van der Waals surface area contributed by atoms with Crippen LogP contribution in [0.3, 0.4) is 0 Å². The van der Waals surface area contributed by atoms with Crippen molar-refractivity contribution in [1.29, 1.82) is 0 Å². The maximum atomic E-state index is 13.1. The van der Waals surface area contributed by atoms with Crippen LogP contribution in [0.25, 0.3) is 0 Å². The van der Waals surface area contributed by atoms with Gasteiger partial charge in [-0.3, -0.25) is 4.31 Å². The van der Waals surface area contributed by atoms with E-state index in [-0.39, 0.29) is 10.6 Å². The highest BCUT2D eigenvalue weighted by Gasteiger charge is 2.34. The number of aryl methyl sites for hydroxylation is 2. The Kier molecular flexibility index (Phi) is 4.94. The van der Waals surface area contributed by atoms with Crippen molar-refractivity contribution in [2.24, 2.45) is 0 Å². The first kappa shape index (κ1) is 17.9. The predicted octanol–water partition coefficient (Wildman–Crippen LogP) is 3.11. The molecule has 0 spiro atoms. The Labute approximate surface area is 140 Å². The largest absolute Gasteiger partial charge is 0.480 e. The summed E-state index contributed by atoms with van der Waals surface area (Å²) in [5.74, 6) is -1.85. The van der Waals surface area contributed by atoms with Crippen LogP contribution < -0.4 is 4.31 Å². The lowest BCUT2D eigenvalue weighted by molar-refractivity contribution is -0.137. The molecule has 0 aromatic heterocycles. The molecule has 2 aromatic carbocycles. The number of carboxylic acid groups (broad SMARTS) is 1. The number of sulfonamides is 1. The Morgan fingerprint density at radius 2 is 1.71 bits per heavy atom. The van der Waals surface area contributed by atoms with E-state index in [1.165, 1.54) is 6.92 Å². The topological polar surface area (TPSA) is 74.7 Å². The number of hydrogen-bond donors (Lipinski definition) is 1. The van der Waals surface area contributed by atoms with Crippen LogP contribution in [0.1, 0.15) is 18.1 Å². The highest BCUT2D eigenvalue weighted by molar-refractivity contribution is 7.93. The molecule has 1 unspecified atom stereocenters.